The zero-order valence-corrected chi connectivity index (χ0v) is 11.2. The average molecular weight is 298 g/mol. The van der Waals surface area contributed by atoms with Crippen LogP contribution < -0.4 is 11.5 Å². The number of nitrogens with two attached hydrogens (primary N) is 2. The molecule has 21 heavy (non-hydrogen) atoms. The second-order valence-corrected chi connectivity index (χ2v) is 4.18. The highest BCUT2D eigenvalue weighted by molar-refractivity contribution is 5.80. The molecule has 1 unspecified atom stereocenters. The van der Waals surface area contributed by atoms with E-state index >= 15 is 0 Å². The van der Waals surface area contributed by atoms with E-state index in [1.54, 1.807) is 0 Å². The highest BCUT2D eigenvalue weighted by atomic mass is 16.4. The Hall–Kier alpha value is -2.45. The molecular weight excluding hydrogens is 280 g/mol. The highest BCUT2D eigenvalue weighted by Gasteiger charge is 2.14. The third-order valence-electron chi connectivity index (χ3n) is 2.33. The summed E-state index contributed by atoms with van der Waals surface area (Å²) in [5.41, 5.74) is 11.1. The fourth-order valence-corrected chi connectivity index (χ4v) is 1.23. The van der Waals surface area contributed by atoms with Gasteiger partial charge in [0, 0.05) is 0 Å². The van der Waals surface area contributed by atoms with Gasteiger partial charge in [-0.05, 0) is 12.0 Å². The minimum atomic E-state index is -1.29. The van der Waals surface area contributed by atoms with Gasteiger partial charge in [0.25, 0.3) is 0 Å². The van der Waals surface area contributed by atoms with Crippen LogP contribution in [0.3, 0.4) is 0 Å². The molecule has 1 aromatic rings. The van der Waals surface area contributed by atoms with Crippen LogP contribution in [-0.2, 0) is 20.8 Å². The number of benzene rings is 1. The lowest BCUT2D eigenvalue weighted by Crippen LogP contribution is -2.32. The van der Waals surface area contributed by atoms with Crippen LogP contribution in [0.25, 0.3) is 0 Å². The van der Waals surface area contributed by atoms with Crippen molar-refractivity contribution in [1.29, 1.82) is 0 Å². The van der Waals surface area contributed by atoms with E-state index in [0.29, 0.717) is 6.42 Å². The first-order valence-electron chi connectivity index (χ1n) is 5.96. The third-order valence-corrected chi connectivity index (χ3v) is 2.33. The number of aliphatic carboxylic acids is 3. The van der Waals surface area contributed by atoms with Crippen LogP contribution in [0, 0.1) is 0 Å². The van der Waals surface area contributed by atoms with E-state index in [1.807, 2.05) is 30.3 Å². The summed E-state index contributed by atoms with van der Waals surface area (Å²) >= 11 is 0. The smallest absolute Gasteiger partial charge is 0.321 e. The van der Waals surface area contributed by atoms with Gasteiger partial charge in [-0.1, -0.05) is 30.3 Å². The molecule has 2 atom stereocenters. The fraction of sp³-hybridized carbons (Fsp3) is 0.308. The highest BCUT2D eigenvalue weighted by Crippen LogP contribution is 2.01. The van der Waals surface area contributed by atoms with E-state index in [0.717, 1.165) is 5.56 Å². The molecule has 116 valence electrons. The summed E-state index contributed by atoms with van der Waals surface area (Å²) in [6, 6.07) is 7.25. The van der Waals surface area contributed by atoms with E-state index in [-0.39, 0.29) is 0 Å². The molecule has 0 heterocycles. The molecule has 0 saturated carbocycles. The van der Waals surface area contributed by atoms with Crippen molar-refractivity contribution in [2.75, 3.05) is 0 Å². The van der Waals surface area contributed by atoms with E-state index in [2.05, 4.69) is 0 Å². The lowest BCUT2D eigenvalue weighted by atomic mass is 10.1. The molecule has 1 aromatic carbocycles. The van der Waals surface area contributed by atoms with Crippen molar-refractivity contribution in [2.24, 2.45) is 11.5 Å². The van der Waals surface area contributed by atoms with Crippen molar-refractivity contribution >= 4 is 17.9 Å². The summed E-state index contributed by atoms with van der Waals surface area (Å²) in [5.74, 6) is -3.46. The fourth-order valence-electron chi connectivity index (χ4n) is 1.23. The standard InChI is InChI=1S/C9H11NO2.C4H7NO4/c10-8(9(11)12)6-7-4-2-1-3-5-7;5-2(4(8)9)1-3(6)7/h1-5,8H,6,10H2,(H,11,12);2H,1,5H2,(H,6,7)(H,8,9)/t;2-/m.0/s1. The number of carboxylic acids is 3. The first-order valence-corrected chi connectivity index (χ1v) is 5.96. The van der Waals surface area contributed by atoms with Crippen molar-refractivity contribution in [1.82, 2.24) is 0 Å². The van der Waals surface area contributed by atoms with Crippen LogP contribution in [-0.4, -0.2) is 45.3 Å². The van der Waals surface area contributed by atoms with E-state index in [9.17, 15) is 14.4 Å². The van der Waals surface area contributed by atoms with Crippen LogP contribution in [0.4, 0.5) is 0 Å². The summed E-state index contributed by atoms with van der Waals surface area (Å²) in [4.78, 5) is 30.0. The number of carboxylic acid groups (broad SMARTS) is 3. The average Bonchev–Trinajstić information content (AvgIpc) is 2.39. The van der Waals surface area contributed by atoms with E-state index in [1.165, 1.54) is 0 Å². The van der Waals surface area contributed by atoms with E-state index < -0.39 is 36.4 Å². The largest absolute Gasteiger partial charge is 0.481 e. The molecule has 8 heteroatoms. The molecule has 0 bridgehead atoms. The Morgan fingerprint density at radius 3 is 1.71 bits per heavy atom. The Morgan fingerprint density at radius 1 is 0.905 bits per heavy atom. The molecule has 1 rings (SSSR count). The van der Waals surface area contributed by atoms with Gasteiger partial charge < -0.3 is 26.8 Å². The predicted molar refractivity (Wildman–Crippen MR) is 73.6 cm³/mol. The number of hydrogen-bond acceptors (Lipinski definition) is 5. The van der Waals surface area contributed by atoms with Crippen molar-refractivity contribution in [3.63, 3.8) is 0 Å². The minimum absolute atomic E-state index is 0.385. The minimum Gasteiger partial charge on any atom is -0.481 e. The van der Waals surface area contributed by atoms with Crippen molar-refractivity contribution in [3.8, 4) is 0 Å². The molecule has 0 spiro atoms. The summed E-state index contributed by atoms with van der Waals surface area (Å²) < 4.78 is 0. The first-order chi connectivity index (χ1) is 9.73. The van der Waals surface area contributed by atoms with Gasteiger partial charge in [-0.3, -0.25) is 14.4 Å². The Morgan fingerprint density at radius 2 is 1.38 bits per heavy atom. The van der Waals surface area contributed by atoms with Crippen molar-refractivity contribution in [2.45, 2.75) is 24.9 Å². The van der Waals surface area contributed by atoms with Crippen LogP contribution in [0.15, 0.2) is 30.3 Å². The monoisotopic (exact) mass is 298 g/mol. The van der Waals surface area contributed by atoms with Crippen LogP contribution >= 0.6 is 0 Å². The first kappa shape index (κ1) is 18.6. The molecule has 0 aliphatic heterocycles. The Balaban J connectivity index is 0.000000400. The molecule has 7 N–H and O–H groups in total. The van der Waals surface area contributed by atoms with Gasteiger partial charge >= 0.3 is 17.9 Å². The molecule has 0 aromatic heterocycles. The van der Waals surface area contributed by atoms with Crippen LogP contribution in [0.1, 0.15) is 12.0 Å². The maximum atomic E-state index is 10.4. The SMILES string of the molecule is NC(Cc1ccccc1)C(=O)O.N[C@@H](CC(=O)O)C(=O)O. The van der Waals surface area contributed by atoms with E-state index in [4.69, 9.17) is 26.8 Å². The Bertz CT molecular complexity index is 477. The number of rotatable bonds is 6. The maximum Gasteiger partial charge on any atom is 0.321 e. The normalized spacial score (nSPS) is 12.5. The molecule has 0 fully saturated rings. The quantitative estimate of drug-likeness (QED) is 0.469. The number of hydrogen-bond donors (Lipinski definition) is 5. The van der Waals surface area contributed by atoms with Gasteiger partial charge in [-0.25, -0.2) is 0 Å². The molecule has 0 aliphatic rings. The maximum absolute atomic E-state index is 10.4. The summed E-state index contributed by atoms with van der Waals surface area (Å²) in [5, 5.41) is 24.6. The van der Waals surface area contributed by atoms with Gasteiger partial charge in [-0.2, -0.15) is 0 Å². The molecular formula is C13H18N2O6. The lowest BCUT2D eigenvalue weighted by molar-refractivity contribution is -0.144. The second-order valence-electron chi connectivity index (χ2n) is 4.18. The molecule has 8 nitrogen and oxygen atoms in total. The van der Waals surface area contributed by atoms with Gasteiger partial charge in [-0.15, -0.1) is 0 Å². The van der Waals surface area contributed by atoms with Gasteiger partial charge in [0.15, 0.2) is 0 Å². The van der Waals surface area contributed by atoms with Gasteiger partial charge in [0.1, 0.15) is 12.1 Å². The predicted octanol–water partition coefficient (Wildman–Crippen LogP) is -0.486. The van der Waals surface area contributed by atoms with Crippen LogP contribution in [0.2, 0.25) is 0 Å². The zero-order valence-electron chi connectivity index (χ0n) is 11.2. The summed E-state index contributed by atoms with van der Waals surface area (Å²) in [6.45, 7) is 0. The van der Waals surface area contributed by atoms with Gasteiger partial charge in [0.2, 0.25) is 0 Å². The summed E-state index contributed by atoms with van der Waals surface area (Å²) in [6.07, 6.45) is -0.147. The van der Waals surface area contributed by atoms with Crippen molar-refractivity contribution < 1.29 is 29.7 Å². The Labute approximate surface area is 121 Å². The topological polar surface area (TPSA) is 164 Å². The molecule has 0 saturated heterocycles. The lowest BCUT2D eigenvalue weighted by Gasteiger charge is -2.04. The summed E-state index contributed by atoms with van der Waals surface area (Å²) in [7, 11) is 0. The Kier molecular flexibility index (Phi) is 8.35. The zero-order chi connectivity index (χ0) is 16.4. The third kappa shape index (κ3) is 9.14. The molecule has 0 aliphatic carbocycles. The molecule has 0 amide bonds. The molecule has 0 radical (unpaired) electrons. The second kappa shape index (κ2) is 9.45. The van der Waals surface area contributed by atoms with Gasteiger partial charge in [0.05, 0.1) is 6.42 Å². The van der Waals surface area contributed by atoms with Crippen molar-refractivity contribution in [3.05, 3.63) is 35.9 Å². The van der Waals surface area contributed by atoms with Crippen LogP contribution in [0.5, 0.6) is 0 Å². The number of carbonyl (C=O) groups is 3.